The van der Waals surface area contributed by atoms with E-state index in [4.69, 9.17) is 21.9 Å². The molecule has 5 aromatic rings. The van der Waals surface area contributed by atoms with Gasteiger partial charge in [0, 0.05) is 23.5 Å². The minimum Gasteiger partial charge on any atom is -0.277 e. The summed E-state index contributed by atoms with van der Waals surface area (Å²) in [6, 6.07) is -2.13. The van der Waals surface area contributed by atoms with E-state index < -0.39 is 136 Å². The zero-order chi connectivity index (χ0) is 38.8. The van der Waals surface area contributed by atoms with Crippen LogP contribution < -0.4 is 22.2 Å². The van der Waals surface area contributed by atoms with Crippen LogP contribution in [0, 0.1) is 34.3 Å². The summed E-state index contributed by atoms with van der Waals surface area (Å²) in [6.45, 7) is -12.1. The van der Waals surface area contributed by atoms with Gasteiger partial charge in [0.25, 0.3) is 22.2 Å². The molecule has 0 saturated carbocycles. The second kappa shape index (κ2) is 7.73. The second-order valence-electron chi connectivity index (χ2n) is 8.17. The molecule has 3 aromatic carbocycles. The third-order valence-electron chi connectivity index (χ3n) is 6.00. The summed E-state index contributed by atoms with van der Waals surface area (Å²) in [5.41, 5.74) is -11.2. The summed E-state index contributed by atoms with van der Waals surface area (Å²) in [4.78, 5) is 53.0. The molecule has 0 aliphatic rings. The molecular formula is C29H26N2O4. The monoisotopic (exact) mass is 482 g/mol. The molecule has 0 aliphatic carbocycles. The number of hydrogen-bond donors (Lipinski definition) is 0. The lowest BCUT2D eigenvalue weighted by molar-refractivity contribution is 0.856. The Hall–Kier alpha value is -4.06. The molecule has 5 rings (SSSR count). The maximum atomic E-state index is 13.9. The van der Waals surface area contributed by atoms with Crippen molar-refractivity contribution in [3.05, 3.63) is 117 Å². The minimum atomic E-state index is -3.49. The summed E-state index contributed by atoms with van der Waals surface area (Å²) in [6.07, 6.45) is -1.03. The molecule has 0 radical (unpaired) electrons. The van der Waals surface area contributed by atoms with Gasteiger partial charge >= 0.3 is 0 Å². The van der Waals surface area contributed by atoms with E-state index >= 15 is 0 Å². The molecule has 6 heteroatoms. The predicted octanol–water partition coefficient (Wildman–Crippen LogP) is 3.57. The average Bonchev–Trinajstić information content (AvgIpc) is 3.31. The standard InChI is InChI=1S/C29H26N2O4/c1-14-7-19(8-15(2)18(14)5)11-20-9-16(3)25(17(4)10-20)31-28(34)23-12-21-22(13-24(23)29(31)35)27(33)30(6)26(21)32/h7-10,12-13H,11H2,1-6H3/i1D3,2D3,3D3,4D3,7D,8D,9D,10D. The van der Waals surface area contributed by atoms with Crippen molar-refractivity contribution in [1.29, 1.82) is 0 Å². The van der Waals surface area contributed by atoms with Gasteiger partial charge in [0.2, 0.25) is 0 Å². The minimum absolute atomic E-state index is 0.152. The Morgan fingerprint density at radius 2 is 1.09 bits per heavy atom. The van der Waals surface area contributed by atoms with E-state index in [1.807, 2.05) is 0 Å². The Morgan fingerprint density at radius 1 is 0.686 bits per heavy atom. The first-order valence-electron chi connectivity index (χ1n) is 18.2. The highest BCUT2D eigenvalue weighted by Crippen LogP contribution is 2.24. The van der Waals surface area contributed by atoms with Crippen LogP contribution in [0.3, 0.4) is 0 Å². The summed E-state index contributed by atoms with van der Waals surface area (Å²) in [5, 5.41) is -1.48. The van der Waals surface area contributed by atoms with E-state index in [0.717, 1.165) is 23.6 Å². The first-order valence-corrected chi connectivity index (χ1v) is 10.2. The van der Waals surface area contributed by atoms with E-state index in [0.29, 0.717) is 0 Å². The summed E-state index contributed by atoms with van der Waals surface area (Å²) >= 11 is 0. The van der Waals surface area contributed by atoms with Gasteiger partial charge in [-0.1, -0.05) is 24.2 Å². The molecule has 2 aromatic heterocycles. The molecule has 0 aliphatic heterocycles. The van der Waals surface area contributed by atoms with Crippen molar-refractivity contribution in [2.24, 2.45) is 7.05 Å². The van der Waals surface area contributed by atoms with Crippen LogP contribution in [0.2, 0.25) is 0 Å². The van der Waals surface area contributed by atoms with E-state index in [2.05, 4.69) is 0 Å². The molecule has 0 unspecified atom stereocenters. The van der Waals surface area contributed by atoms with Gasteiger partial charge < -0.3 is 0 Å². The molecule has 6 nitrogen and oxygen atoms in total. The fraction of sp³-hybridized carbons (Fsp3) is 0.241. The molecule has 0 spiro atoms. The van der Waals surface area contributed by atoms with E-state index in [-0.39, 0.29) is 15.3 Å². The van der Waals surface area contributed by atoms with E-state index in [1.165, 1.54) is 7.05 Å². The first-order chi connectivity index (χ1) is 23.0. The Morgan fingerprint density at radius 3 is 1.51 bits per heavy atom. The highest BCUT2D eigenvalue weighted by atomic mass is 16.2. The largest absolute Gasteiger partial charge is 0.277 e. The highest BCUT2D eigenvalue weighted by molar-refractivity contribution is 5.98. The molecule has 2 heterocycles. The number of nitrogens with zero attached hydrogens (tertiary/aromatic N) is 2. The van der Waals surface area contributed by atoms with Crippen LogP contribution in [-0.4, -0.2) is 9.13 Å². The van der Waals surface area contributed by atoms with Gasteiger partial charge in [-0.3, -0.25) is 23.7 Å². The first kappa shape index (κ1) is 10.7. The third kappa shape index (κ3) is 3.32. The SMILES string of the molecule is [2H]c1c(Cc2c([2H])c(C([2H])([2H])[2H])c(-n3c(=O)c4cc5c(=O)n(C)c(=O)c5cc4c3=O)c(C([2H])([2H])[2H])c2[2H])c([2H])c(C([2H])([2H])[2H])c(C)c1C([2H])([2H])[2H]. The van der Waals surface area contributed by atoms with Crippen molar-refractivity contribution < 1.29 is 21.9 Å². The van der Waals surface area contributed by atoms with Crippen LogP contribution in [0.25, 0.3) is 27.2 Å². The quantitative estimate of drug-likeness (QED) is 0.394. The van der Waals surface area contributed by atoms with Gasteiger partial charge in [-0.15, -0.1) is 0 Å². The van der Waals surface area contributed by atoms with Crippen LogP contribution in [0.1, 0.15) is 60.9 Å². The Balaban J connectivity index is 1.97. The summed E-state index contributed by atoms with van der Waals surface area (Å²) in [7, 11) is 1.17. The number of rotatable bonds is 3. The number of hydrogen-bond acceptors (Lipinski definition) is 4. The van der Waals surface area contributed by atoms with Crippen LogP contribution in [0.5, 0.6) is 0 Å². The maximum Gasteiger partial charge on any atom is 0.266 e. The van der Waals surface area contributed by atoms with Crippen molar-refractivity contribution in [3.8, 4) is 5.69 Å². The zero-order valence-corrected chi connectivity index (χ0v) is 18.4. The smallest absolute Gasteiger partial charge is 0.266 e. The topological polar surface area (TPSA) is 78.1 Å². The van der Waals surface area contributed by atoms with Gasteiger partial charge in [-0.25, -0.2) is 4.57 Å². The van der Waals surface area contributed by atoms with Gasteiger partial charge in [-0.2, -0.15) is 0 Å². The molecule has 0 fully saturated rings. The average molecular weight is 483 g/mol. The highest BCUT2D eigenvalue weighted by Gasteiger charge is 2.21. The molecule has 0 bridgehead atoms. The summed E-state index contributed by atoms with van der Waals surface area (Å²) < 4.78 is 134. The zero-order valence-electron chi connectivity index (χ0n) is 34.4. The van der Waals surface area contributed by atoms with Crippen LogP contribution in [-0.2, 0) is 13.5 Å². The molecule has 0 saturated heterocycles. The normalized spacial score (nSPS) is 19.8. The van der Waals surface area contributed by atoms with Crippen molar-refractivity contribution in [3.63, 3.8) is 0 Å². The van der Waals surface area contributed by atoms with Gasteiger partial charge in [0.15, 0.2) is 0 Å². The Bertz CT molecular complexity index is 2380. The fourth-order valence-electron chi connectivity index (χ4n) is 4.10. The van der Waals surface area contributed by atoms with Crippen molar-refractivity contribution in [2.45, 2.75) is 40.8 Å². The molecular weight excluding hydrogens is 440 g/mol. The van der Waals surface area contributed by atoms with Crippen LogP contribution in [0.4, 0.5) is 0 Å². The number of benzene rings is 3. The molecule has 176 valence electrons. The Kier molecular flexibility index (Phi) is 2.36. The van der Waals surface area contributed by atoms with E-state index in [1.54, 1.807) is 0 Å². The Labute approximate surface area is 223 Å². The van der Waals surface area contributed by atoms with Gasteiger partial charge in [0.05, 0.1) is 32.7 Å². The molecule has 0 atom stereocenters. The van der Waals surface area contributed by atoms with Gasteiger partial charge in [0.1, 0.15) is 0 Å². The van der Waals surface area contributed by atoms with Crippen molar-refractivity contribution in [2.75, 3.05) is 0 Å². The molecule has 35 heavy (non-hydrogen) atoms. The lowest BCUT2D eigenvalue weighted by Crippen LogP contribution is -2.25. The summed E-state index contributed by atoms with van der Waals surface area (Å²) in [5.74, 6) is 0. The predicted molar refractivity (Wildman–Crippen MR) is 140 cm³/mol. The van der Waals surface area contributed by atoms with Crippen molar-refractivity contribution in [1.82, 2.24) is 9.13 Å². The van der Waals surface area contributed by atoms with Crippen molar-refractivity contribution >= 4 is 21.5 Å². The number of fused-ring (bicyclic) bond motifs is 2. The third-order valence-corrected chi connectivity index (χ3v) is 6.00. The van der Waals surface area contributed by atoms with Crippen LogP contribution in [0.15, 0.2) is 55.5 Å². The molecule has 0 amide bonds. The van der Waals surface area contributed by atoms with Gasteiger partial charge in [-0.05, 0) is 91.8 Å². The lowest BCUT2D eigenvalue weighted by atomic mass is 9.94. The lowest BCUT2D eigenvalue weighted by Gasteiger charge is -2.14. The van der Waals surface area contributed by atoms with E-state index in [9.17, 15) is 19.2 Å². The fourth-order valence-corrected chi connectivity index (χ4v) is 4.10. The second-order valence-corrected chi connectivity index (χ2v) is 8.17. The number of aromatic nitrogens is 2. The van der Waals surface area contributed by atoms with Crippen LogP contribution >= 0.6 is 0 Å². The maximum absolute atomic E-state index is 13.9. The molecule has 0 N–H and O–H groups in total.